The molecule has 1 aliphatic heterocycles. The highest BCUT2D eigenvalue weighted by Crippen LogP contribution is 2.32. The first-order valence-corrected chi connectivity index (χ1v) is 12.8. The molecule has 8 nitrogen and oxygen atoms in total. The Morgan fingerprint density at radius 2 is 1.85 bits per heavy atom. The van der Waals surface area contributed by atoms with Gasteiger partial charge in [-0.25, -0.2) is 9.97 Å². The number of aromatic nitrogens is 4. The van der Waals surface area contributed by atoms with E-state index < -0.39 is 0 Å². The molecule has 1 saturated heterocycles. The lowest BCUT2D eigenvalue weighted by Crippen LogP contribution is -2.46. The van der Waals surface area contributed by atoms with Gasteiger partial charge in [0.05, 0.1) is 0 Å². The van der Waals surface area contributed by atoms with Crippen LogP contribution < -0.4 is 10.2 Å². The summed E-state index contributed by atoms with van der Waals surface area (Å²) in [6, 6.07) is 12.2. The lowest BCUT2D eigenvalue weighted by Gasteiger charge is -2.34. The number of hydrogen-bond acceptors (Lipinski definition) is 8. The number of aromatic amines is 1. The Morgan fingerprint density at radius 1 is 1.09 bits per heavy atom. The molecule has 0 unspecified atom stereocenters. The number of Topliss-reactive ketones (excluding diaryl/α,β-unsaturated/α-hetero) is 1. The van der Waals surface area contributed by atoms with E-state index in [-0.39, 0.29) is 0 Å². The third-order valence-corrected chi connectivity index (χ3v) is 7.21. The average molecular weight is 478 g/mol. The second kappa shape index (κ2) is 10.1. The molecule has 178 valence electrons. The fraction of sp³-hybridized carbons (Fsp3) is 0.440. The van der Waals surface area contributed by atoms with E-state index in [4.69, 9.17) is 9.97 Å². The van der Waals surface area contributed by atoms with Crippen molar-refractivity contribution in [2.75, 3.05) is 42.9 Å². The predicted octanol–water partition coefficient (Wildman–Crippen LogP) is 4.07. The number of likely N-dealkylation sites (N-methyl/N-ethyl adjacent to an activating group) is 1. The first-order chi connectivity index (χ1) is 16.6. The molecule has 2 N–H and O–H groups in total. The van der Waals surface area contributed by atoms with E-state index in [1.54, 1.807) is 0 Å². The molecule has 2 aliphatic rings. The van der Waals surface area contributed by atoms with Crippen molar-refractivity contribution in [1.82, 2.24) is 25.1 Å². The first-order valence-electron chi connectivity index (χ1n) is 12.0. The van der Waals surface area contributed by atoms with Gasteiger partial charge in [0.25, 0.3) is 0 Å². The zero-order valence-corrected chi connectivity index (χ0v) is 20.6. The highest BCUT2D eigenvalue weighted by Gasteiger charge is 2.29. The third-order valence-electron chi connectivity index (χ3n) is 6.34. The van der Waals surface area contributed by atoms with E-state index in [1.807, 2.05) is 31.2 Å². The zero-order valence-electron chi connectivity index (χ0n) is 19.8. The summed E-state index contributed by atoms with van der Waals surface area (Å²) in [6.45, 7) is 9.21. The third kappa shape index (κ3) is 5.77. The van der Waals surface area contributed by atoms with Gasteiger partial charge in [-0.2, -0.15) is 5.10 Å². The van der Waals surface area contributed by atoms with Gasteiger partial charge in [0, 0.05) is 61.2 Å². The van der Waals surface area contributed by atoms with Crippen LogP contribution in [-0.2, 0) is 11.2 Å². The van der Waals surface area contributed by atoms with Gasteiger partial charge in [-0.3, -0.25) is 9.89 Å². The van der Waals surface area contributed by atoms with Gasteiger partial charge in [-0.15, -0.1) is 0 Å². The van der Waals surface area contributed by atoms with Crippen molar-refractivity contribution < 1.29 is 4.79 Å². The molecule has 2 fully saturated rings. The van der Waals surface area contributed by atoms with Gasteiger partial charge in [-0.05, 0) is 55.8 Å². The summed E-state index contributed by atoms with van der Waals surface area (Å²) >= 11 is 1.53. The van der Waals surface area contributed by atoms with Crippen molar-refractivity contribution >= 4 is 35.0 Å². The monoisotopic (exact) mass is 477 g/mol. The van der Waals surface area contributed by atoms with Gasteiger partial charge >= 0.3 is 0 Å². The Morgan fingerprint density at radius 3 is 2.50 bits per heavy atom. The quantitative estimate of drug-likeness (QED) is 0.446. The highest BCUT2D eigenvalue weighted by molar-refractivity contribution is 7.99. The second-order valence-corrected chi connectivity index (χ2v) is 10.1. The molecule has 0 atom stereocenters. The van der Waals surface area contributed by atoms with Crippen LogP contribution in [0.15, 0.2) is 46.5 Å². The Balaban J connectivity index is 1.34. The summed E-state index contributed by atoms with van der Waals surface area (Å²) in [7, 11) is 0. The van der Waals surface area contributed by atoms with Crippen LogP contribution in [0.2, 0.25) is 0 Å². The summed E-state index contributed by atoms with van der Waals surface area (Å²) in [5.74, 6) is 3.05. The number of anilines is 3. The molecule has 2 aromatic heterocycles. The topological polar surface area (TPSA) is 90.0 Å². The fourth-order valence-corrected chi connectivity index (χ4v) is 4.89. The Hall–Kier alpha value is -2.91. The number of aryl methyl sites for hydroxylation is 1. The standard InChI is InChI=1S/C25H31N7OS/c1-3-31-10-12-32(13-11-31)24-16-22(26-23-14-17(2)29-30-23)27-25(28-24)34-20-8-4-18(5-9-20)15-21(33)19-6-7-19/h4-5,8-9,14,16,19H,3,6-7,10-13,15H2,1-2H3,(H2,26,27,28,29,30). The molecule has 0 radical (unpaired) electrons. The number of piperazine rings is 1. The maximum Gasteiger partial charge on any atom is 0.196 e. The van der Waals surface area contributed by atoms with E-state index in [0.29, 0.717) is 23.3 Å². The number of nitrogens with zero attached hydrogens (tertiary/aromatic N) is 5. The van der Waals surface area contributed by atoms with E-state index in [9.17, 15) is 4.79 Å². The van der Waals surface area contributed by atoms with Crippen LogP contribution in [0.4, 0.5) is 17.5 Å². The van der Waals surface area contributed by atoms with Crippen LogP contribution in [0.3, 0.4) is 0 Å². The van der Waals surface area contributed by atoms with E-state index in [2.05, 4.69) is 44.4 Å². The molecule has 0 amide bonds. The maximum atomic E-state index is 12.1. The average Bonchev–Trinajstić information content (AvgIpc) is 3.63. The van der Waals surface area contributed by atoms with Crippen LogP contribution in [0.1, 0.15) is 31.0 Å². The molecule has 9 heteroatoms. The summed E-state index contributed by atoms with van der Waals surface area (Å²) in [5.41, 5.74) is 2.06. The molecule has 5 rings (SSSR count). The van der Waals surface area contributed by atoms with Crippen LogP contribution in [-0.4, -0.2) is 63.6 Å². The summed E-state index contributed by atoms with van der Waals surface area (Å²) in [4.78, 5) is 27.6. The molecule has 1 saturated carbocycles. The molecule has 0 bridgehead atoms. The minimum atomic E-state index is 0.300. The first kappa shape index (κ1) is 22.9. The van der Waals surface area contributed by atoms with Gasteiger partial charge in [-0.1, -0.05) is 19.1 Å². The normalized spacial score (nSPS) is 16.6. The summed E-state index contributed by atoms with van der Waals surface area (Å²) in [5, 5.41) is 11.3. The number of rotatable bonds is 9. The maximum absolute atomic E-state index is 12.1. The second-order valence-electron chi connectivity index (χ2n) is 9.04. The largest absolute Gasteiger partial charge is 0.354 e. The van der Waals surface area contributed by atoms with E-state index >= 15 is 0 Å². The van der Waals surface area contributed by atoms with Gasteiger partial charge in [0.15, 0.2) is 11.0 Å². The zero-order chi connectivity index (χ0) is 23.5. The Bertz CT molecular complexity index is 1130. The van der Waals surface area contributed by atoms with Crippen molar-refractivity contribution in [3.05, 3.63) is 47.7 Å². The predicted molar refractivity (Wildman–Crippen MR) is 135 cm³/mol. The van der Waals surface area contributed by atoms with Crippen molar-refractivity contribution in [2.24, 2.45) is 5.92 Å². The van der Waals surface area contributed by atoms with Gasteiger partial charge in [0.1, 0.15) is 17.4 Å². The number of ketones is 1. The lowest BCUT2D eigenvalue weighted by molar-refractivity contribution is -0.119. The van der Waals surface area contributed by atoms with Crippen molar-refractivity contribution in [2.45, 2.75) is 43.2 Å². The number of benzene rings is 1. The summed E-state index contributed by atoms with van der Waals surface area (Å²) < 4.78 is 0. The van der Waals surface area contributed by atoms with Crippen LogP contribution in [0.25, 0.3) is 0 Å². The molecule has 0 spiro atoms. The van der Waals surface area contributed by atoms with Crippen LogP contribution in [0, 0.1) is 12.8 Å². The number of nitrogens with one attached hydrogen (secondary N) is 2. The Kier molecular flexibility index (Phi) is 6.82. The van der Waals surface area contributed by atoms with Crippen LogP contribution in [0.5, 0.6) is 0 Å². The minimum absolute atomic E-state index is 0.300. The number of H-pyrrole nitrogens is 1. The molecule has 3 heterocycles. The highest BCUT2D eigenvalue weighted by atomic mass is 32.2. The van der Waals surface area contributed by atoms with Crippen LogP contribution >= 0.6 is 11.8 Å². The van der Waals surface area contributed by atoms with Crippen molar-refractivity contribution in [1.29, 1.82) is 0 Å². The van der Waals surface area contributed by atoms with Gasteiger partial charge in [0.2, 0.25) is 0 Å². The Labute approximate surface area is 204 Å². The number of hydrogen-bond donors (Lipinski definition) is 2. The van der Waals surface area contributed by atoms with Gasteiger partial charge < -0.3 is 15.1 Å². The molecular weight excluding hydrogens is 446 g/mol. The van der Waals surface area contributed by atoms with E-state index in [1.165, 1.54) is 11.8 Å². The van der Waals surface area contributed by atoms with Crippen molar-refractivity contribution in [3.63, 3.8) is 0 Å². The molecule has 1 aromatic carbocycles. The fourth-order valence-electron chi connectivity index (χ4n) is 4.12. The van der Waals surface area contributed by atoms with Crippen molar-refractivity contribution in [3.8, 4) is 0 Å². The smallest absolute Gasteiger partial charge is 0.196 e. The lowest BCUT2D eigenvalue weighted by atomic mass is 10.1. The molecule has 34 heavy (non-hydrogen) atoms. The van der Waals surface area contributed by atoms with E-state index in [0.717, 1.165) is 79.2 Å². The minimum Gasteiger partial charge on any atom is -0.354 e. The number of carbonyl (C=O) groups excluding carboxylic acids is 1. The number of carbonyl (C=O) groups is 1. The molecule has 3 aromatic rings. The molecule has 1 aliphatic carbocycles. The summed E-state index contributed by atoms with van der Waals surface area (Å²) in [6.07, 6.45) is 2.65. The SMILES string of the molecule is CCN1CCN(c2cc(Nc3cc(C)[nH]n3)nc(Sc3ccc(CC(=O)C4CC4)cc3)n2)CC1. The molecular formula is C25H31N7OS.